The van der Waals surface area contributed by atoms with E-state index in [4.69, 9.17) is 4.74 Å². The lowest BCUT2D eigenvalue weighted by atomic mass is 10.1. The van der Waals surface area contributed by atoms with Gasteiger partial charge in [0.1, 0.15) is 10.8 Å². The molecule has 0 saturated heterocycles. The Morgan fingerprint density at radius 3 is 2.79 bits per heavy atom. The fourth-order valence-electron chi connectivity index (χ4n) is 2.25. The van der Waals surface area contributed by atoms with Crippen LogP contribution in [0.3, 0.4) is 0 Å². The number of hydrogen-bond acceptors (Lipinski definition) is 4. The Hall–Kier alpha value is -2.08. The van der Waals surface area contributed by atoms with Crippen LogP contribution in [0.1, 0.15) is 28.1 Å². The molecule has 1 aromatic carbocycles. The first kappa shape index (κ1) is 18.3. The molecule has 1 aromatic heterocycles. The summed E-state index contributed by atoms with van der Waals surface area (Å²) in [6.45, 7) is 8.45. The van der Waals surface area contributed by atoms with Crippen LogP contribution in [0.25, 0.3) is 0 Å². The SMILES string of the molecule is CCNC(=NCc1nc(C)c(C)s1)NCCc1cccc(OC)c1. The lowest BCUT2D eigenvalue weighted by Gasteiger charge is -2.11. The molecule has 0 amide bonds. The summed E-state index contributed by atoms with van der Waals surface area (Å²) in [5.74, 6) is 1.72. The van der Waals surface area contributed by atoms with Gasteiger partial charge in [-0.2, -0.15) is 0 Å². The van der Waals surface area contributed by atoms with Gasteiger partial charge in [-0.15, -0.1) is 11.3 Å². The van der Waals surface area contributed by atoms with E-state index in [1.54, 1.807) is 18.4 Å². The van der Waals surface area contributed by atoms with Crippen molar-refractivity contribution in [1.82, 2.24) is 15.6 Å². The van der Waals surface area contributed by atoms with Crippen LogP contribution in [-0.4, -0.2) is 31.1 Å². The second-order valence-electron chi connectivity index (χ2n) is 5.47. The van der Waals surface area contributed by atoms with Crippen molar-refractivity contribution in [1.29, 1.82) is 0 Å². The Labute approximate surface area is 148 Å². The first-order valence-electron chi connectivity index (χ1n) is 8.20. The van der Waals surface area contributed by atoms with Crippen LogP contribution in [0.5, 0.6) is 5.75 Å². The summed E-state index contributed by atoms with van der Waals surface area (Å²) in [5.41, 5.74) is 2.34. The molecule has 24 heavy (non-hydrogen) atoms. The van der Waals surface area contributed by atoms with E-state index in [-0.39, 0.29) is 0 Å². The highest BCUT2D eigenvalue weighted by molar-refractivity contribution is 7.11. The van der Waals surface area contributed by atoms with E-state index < -0.39 is 0 Å². The molecule has 0 fully saturated rings. The van der Waals surface area contributed by atoms with Gasteiger partial charge in [-0.1, -0.05) is 12.1 Å². The minimum Gasteiger partial charge on any atom is -0.497 e. The maximum Gasteiger partial charge on any atom is 0.191 e. The number of benzene rings is 1. The molecular formula is C18H26N4OS. The second-order valence-corrected chi connectivity index (χ2v) is 6.76. The number of aliphatic imine (C=N–C) groups is 1. The monoisotopic (exact) mass is 346 g/mol. The molecule has 0 atom stereocenters. The summed E-state index contributed by atoms with van der Waals surface area (Å²) < 4.78 is 5.26. The Balaban J connectivity index is 1.89. The minimum atomic E-state index is 0.605. The van der Waals surface area contributed by atoms with Crippen LogP contribution < -0.4 is 15.4 Å². The average molecular weight is 347 g/mol. The van der Waals surface area contributed by atoms with E-state index in [1.165, 1.54) is 10.4 Å². The van der Waals surface area contributed by atoms with Gasteiger partial charge in [-0.3, -0.25) is 0 Å². The number of guanidine groups is 1. The van der Waals surface area contributed by atoms with E-state index in [2.05, 4.69) is 46.6 Å². The Bertz CT molecular complexity index is 662. The predicted molar refractivity (Wildman–Crippen MR) is 101 cm³/mol. The highest BCUT2D eigenvalue weighted by atomic mass is 32.1. The van der Waals surface area contributed by atoms with Gasteiger partial charge in [0.2, 0.25) is 0 Å². The van der Waals surface area contributed by atoms with Crippen LogP contribution in [0, 0.1) is 13.8 Å². The summed E-state index contributed by atoms with van der Waals surface area (Å²) in [4.78, 5) is 10.4. The summed E-state index contributed by atoms with van der Waals surface area (Å²) in [6.07, 6.45) is 0.914. The number of nitrogens with zero attached hydrogens (tertiary/aromatic N) is 2. The molecule has 0 spiro atoms. The minimum absolute atomic E-state index is 0.605. The Morgan fingerprint density at radius 2 is 2.12 bits per heavy atom. The largest absolute Gasteiger partial charge is 0.497 e. The van der Waals surface area contributed by atoms with Crippen LogP contribution >= 0.6 is 11.3 Å². The number of rotatable bonds is 7. The first-order valence-corrected chi connectivity index (χ1v) is 9.02. The third kappa shape index (κ3) is 5.53. The number of nitrogens with one attached hydrogen (secondary N) is 2. The summed E-state index contributed by atoms with van der Waals surface area (Å²) in [7, 11) is 1.69. The molecule has 5 nitrogen and oxygen atoms in total. The highest BCUT2D eigenvalue weighted by Gasteiger charge is 2.04. The molecule has 2 N–H and O–H groups in total. The van der Waals surface area contributed by atoms with Gasteiger partial charge in [-0.25, -0.2) is 9.98 Å². The average Bonchev–Trinajstić information content (AvgIpc) is 2.91. The van der Waals surface area contributed by atoms with Crippen molar-refractivity contribution in [3.05, 3.63) is 45.4 Å². The third-order valence-electron chi connectivity index (χ3n) is 3.63. The molecule has 0 saturated carbocycles. The predicted octanol–water partition coefficient (Wildman–Crippen LogP) is 3.07. The molecule has 0 unspecified atom stereocenters. The van der Waals surface area contributed by atoms with Crippen molar-refractivity contribution in [2.24, 2.45) is 4.99 Å². The number of ether oxygens (including phenoxy) is 1. The number of hydrogen-bond donors (Lipinski definition) is 2. The van der Waals surface area contributed by atoms with Gasteiger partial charge in [-0.05, 0) is 44.9 Å². The van der Waals surface area contributed by atoms with Crippen molar-refractivity contribution in [2.75, 3.05) is 20.2 Å². The lowest BCUT2D eigenvalue weighted by molar-refractivity contribution is 0.414. The van der Waals surface area contributed by atoms with Gasteiger partial charge in [0.05, 0.1) is 19.3 Å². The van der Waals surface area contributed by atoms with E-state index in [0.29, 0.717) is 6.54 Å². The third-order valence-corrected chi connectivity index (χ3v) is 4.69. The van der Waals surface area contributed by atoms with Crippen molar-refractivity contribution in [2.45, 2.75) is 33.7 Å². The zero-order chi connectivity index (χ0) is 17.4. The van der Waals surface area contributed by atoms with E-state index in [1.807, 2.05) is 19.1 Å². The molecule has 1 heterocycles. The highest BCUT2D eigenvalue weighted by Crippen LogP contribution is 2.17. The zero-order valence-electron chi connectivity index (χ0n) is 14.8. The molecule has 6 heteroatoms. The molecule has 0 aliphatic carbocycles. The Morgan fingerprint density at radius 1 is 1.29 bits per heavy atom. The number of thiazole rings is 1. The van der Waals surface area contributed by atoms with Gasteiger partial charge in [0.15, 0.2) is 5.96 Å². The topological polar surface area (TPSA) is 58.5 Å². The van der Waals surface area contributed by atoms with Crippen molar-refractivity contribution < 1.29 is 4.74 Å². The number of aromatic nitrogens is 1. The molecule has 0 aliphatic heterocycles. The lowest BCUT2D eigenvalue weighted by Crippen LogP contribution is -2.38. The quantitative estimate of drug-likeness (QED) is 0.597. The van der Waals surface area contributed by atoms with Crippen molar-refractivity contribution in [3.8, 4) is 5.75 Å². The summed E-state index contributed by atoms with van der Waals surface area (Å²) in [6, 6.07) is 8.14. The standard InChI is InChI=1S/C18H26N4OS/c1-5-19-18(21-12-17-22-13(2)14(3)24-17)20-10-9-15-7-6-8-16(11-15)23-4/h6-8,11H,5,9-10,12H2,1-4H3,(H2,19,20,21). The summed E-state index contributed by atoms with van der Waals surface area (Å²) in [5, 5.41) is 7.70. The fourth-order valence-corrected chi connectivity index (χ4v) is 3.11. The molecule has 2 aromatic rings. The van der Waals surface area contributed by atoms with Crippen LogP contribution in [0.2, 0.25) is 0 Å². The van der Waals surface area contributed by atoms with Crippen molar-refractivity contribution >= 4 is 17.3 Å². The number of aryl methyl sites for hydroxylation is 2. The summed E-state index contributed by atoms with van der Waals surface area (Å²) >= 11 is 1.71. The molecule has 0 aliphatic rings. The van der Waals surface area contributed by atoms with Crippen molar-refractivity contribution in [3.63, 3.8) is 0 Å². The molecule has 130 valence electrons. The van der Waals surface area contributed by atoms with Gasteiger partial charge >= 0.3 is 0 Å². The maximum absolute atomic E-state index is 5.26. The molecule has 0 bridgehead atoms. The zero-order valence-corrected chi connectivity index (χ0v) is 15.7. The molecule has 2 rings (SSSR count). The molecular weight excluding hydrogens is 320 g/mol. The van der Waals surface area contributed by atoms with Crippen LogP contribution in [0.15, 0.2) is 29.3 Å². The number of methoxy groups -OCH3 is 1. The van der Waals surface area contributed by atoms with E-state index in [9.17, 15) is 0 Å². The smallest absolute Gasteiger partial charge is 0.191 e. The molecule has 0 radical (unpaired) electrons. The Kier molecular flexibility index (Phi) is 7.06. The van der Waals surface area contributed by atoms with E-state index >= 15 is 0 Å². The van der Waals surface area contributed by atoms with E-state index in [0.717, 1.165) is 41.9 Å². The normalized spacial score (nSPS) is 11.4. The van der Waals surface area contributed by atoms with Crippen LogP contribution in [0.4, 0.5) is 0 Å². The van der Waals surface area contributed by atoms with Crippen LogP contribution in [-0.2, 0) is 13.0 Å². The van der Waals surface area contributed by atoms with Gasteiger partial charge in [0, 0.05) is 18.0 Å². The van der Waals surface area contributed by atoms with Gasteiger partial charge < -0.3 is 15.4 Å². The fraction of sp³-hybridized carbons (Fsp3) is 0.444. The first-order chi connectivity index (χ1) is 11.6. The second kappa shape index (κ2) is 9.27. The van der Waals surface area contributed by atoms with Gasteiger partial charge in [0.25, 0.3) is 0 Å². The maximum atomic E-state index is 5.26.